The third kappa shape index (κ3) is 3.63. The van der Waals surface area contributed by atoms with Gasteiger partial charge >= 0.3 is 6.09 Å². The summed E-state index contributed by atoms with van der Waals surface area (Å²) in [5.41, 5.74) is 5.42. The van der Waals surface area contributed by atoms with Gasteiger partial charge < -0.3 is 20.5 Å². The van der Waals surface area contributed by atoms with Crippen LogP contribution in [0.15, 0.2) is 22.7 Å². The number of carbonyl (C=O) groups is 2. The number of amides is 2. The average molecular weight is 361 g/mol. The fourth-order valence-corrected chi connectivity index (χ4v) is 2.51. The zero-order valence-electron chi connectivity index (χ0n) is 11.0. The Morgan fingerprint density at radius 2 is 2.19 bits per heavy atom. The lowest BCUT2D eigenvalue weighted by Crippen LogP contribution is -2.48. The molecule has 1 aromatic carbocycles. The number of rotatable bonds is 3. The second-order valence-corrected chi connectivity index (χ2v) is 5.61. The summed E-state index contributed by atoms with van der Waals surface area (Å²) in [6.45, 7) is -0.0642. The first-order chi connectivity index (χ1) is 9.88. The van der Waals surface area contributed by atoms with Crippen molar-refractivity contribution in [3.8, 4) is 5.75 Å². The first-order valence-electron chi connectivity index (χ1n) is 6.26. The lowest BCUT2D eigenvalue weighted by atomic mass is 10.1. The van der Waals surface area contributed by atoms with Crippen LogP contribution in [0.1, 0.15) is 16.8 Å². The van der Waals surface area contributed by atoms with Gasteiger partial charge in [-0.15, -0.1) is 0 Å². The molecule has 1 heterocycles. The number of carbonyl (C=O) groups excluding carboxylic acids is 1. The van der Waals surface area contributed by atoms with E-state index in [1.807, 2.05) is 0 Å². The molecule has 3 N–H and O–H groups in total. The average Bonchev–Trinajstić information content (AvgIpc) is 2.42. The SMILES string of the molecule is NC(=O)c1cc(Br)ccc1O[C@H]1CCN(C(=O)O)C[C@H]1F. The molecule has 1 aliphatic heterocycles. The highest BCUT2D eigenvalue weighted by molar-refractivity contribution is 9.10. The van der Waals surface area contributed by atoms with Gasteiger partial charge in [0.2, 0.25) is 0 Å². The standard InChI is InChI=1S/C13H14BrFN2O4/c14-7-1-2-10(8(5-7)12(16)18)21-11-3-4-17(13(19)20)6-9(11)15/h1-2,5,9,11H,3-4,6H2,(H2,16,18)(H,19,20)/t9-,11+/m1/s1. The molecular weight excluding hydrogens is 347 g/mol. The van der Waals surface area contributed by atoms with Crippen molar-refractivity contribution in [1.82, 2.24) is 4.90 Å². The maximum Gasteiger partial charge on any atom is 0.407 e. The van der Waals surface area contributed by atoms with Crippen molar-refractivity contribution < 1.29 is 23.8 Å². The van der Waals surface area contributed by atoms with E-state index in [9.17, 15) is 14.0 Å². The molecule has 2 atom stereocenters. The molecule has 0 spiro atoms. The minimum atomic E-state index is -1.46. The van der Waals surface area contributed by atoms with Crippen LogP contribution in [0.5, 0.6) is 5.75 Å². The van der Waals surface area contributed by atoms with Crippen LogP contribution in [-0.4, -0.2) is 47.4 Å². The van der Waals surface area contributed by atoms with Crippen molar-refractivity contribution in [3.63, 3.8) is 0 Å². The molecule has 0 saturated carbocycles. The van der Waals surface area contributed by atoms with E-state index in [-0.39, 0.29) is 30.8 Å². The number of likely N-dealkylation sites (tertiary alicyclic amines) is 1. The topological polar surface area (TPSA) is 92.9 Å². The first kappa shape index (κ1) is 15.6. The summed E-state index contributed by atoms with van der Waals surface area (Å²) in [5.74, 6) is -0.480. The number of carboxylic acid groups (broad SMARTS) is 1. The number of ether oxygens (including phenoxy) is 1. The van der Waals surface area contributed by atoms with Gasteiger partial charge in [-0.25, -0.2) is 9.18 Å². The van der Waals surface area contributed by atoms with Gasteiger partial charge in [0.05, 0.1) is 12.1 Å². The van der Waals surface area contributed by atoms with Crippen LogP contribution in [0.2, 0.25) is 0 Å². The molecule has 6 nitrogen and oxygen atoms in total. The number of benzene rings is 1. The van der Waals surface area contributed by atoms with E-state index in [2.05, 4.69) is 15.9 Å². The normalized spacial score (nSPS) is 21.9. The monoisotopic (exact) mass is 360 g/mol. The molecular formula is C13H14BrFN2O4. The highest BCUT2D eigenvalue weighted by Gasteiger charge is 2.33. The summed E-state index contributed by atoms with van der Waals surface area (Å²) >= 11 is 3.22. The van der Waals surface area contributed by atoms with Crippen molar-refractivity contribution in [1.29, 1.82) is 0 Å². The number of piperidine rings is 1. The molecule has 21 heavy (non-hydrogen) atoms. The largest absolute Gasteiger partial charge is 0.486 e. The Labute approximate surface area is 128 Å². The highest BCUT2D eigenvalue weighted by Crippen LogP contribution is 2.27. The maximum absolute atomic E-state index is 14.0. The van der Waals surface area contributed by atoms with Gasteiger partial charge in [-0.05, 0) is 18.2 Å². The quantitative estimate of drug-likeness (QED) is 0.862. The van der Waals surface area contributed by atoms with Crippen molar-refractivity contribution in [2.75, 3.05) is 13.1 Å². The van der Waals surface area contributed by atoms with Crippen LogP contribution in [0.25, 0.3) is 0 Å². The van der Waals surface area contributed by atoms with E-state index in [1.165, 1.54) is 12.1 Å². The number of primary amides is 1. The van der Waals surface area contributed by atoms with Crippen molar-refractivity contribution in [2.45, 2.75) is 18.7 Å². The van der Waals surface area contributed by atoms with E-state index in [1.54, 1.807) is 6.07 Å². The summed E-state index contributed by atoms with van der Waals surface area (Å²) in [6.07, 6.45) is -3.21. The molecule has 0 radical (unpaired) electrons. The molecule has 8 heteroatoms. The lowest BCUT2D eigenvalue weighted by Gasteiger charge is -2.33. The summed E-state index contributed by atoms with van der Waals surface area (Å²) in [7, 11) is 0. The number of nitrogens with zero attached hydrogens (tertiary/aromatic N) is 1. The zero-order valence-corrected chi connectivity index (χ0v) is 12.5. The van der Waals surface area contributed by atoms with Crippen LogP contribution < -0.4 is 10.5 Å². The van der Waals surface area contributed by atoms with E-state index in [0.717, 1.165) is 4.90 Å². The maximum atomic E-state index is 14.0. The van der Waals surface area contributed by atoms with Crippen LogP contribution in [0.4, 0.5) is 9.18 Å². The van der Waals surface area contributed by atoms with Gasteiger partial charge in [0.1, 0.15) is 11.9 Å². The number of halogens is 2. The van der Waals surface area contributed by atoms with Gasteiger partial charge in [-0.2, -0.15) is 0 Å². The molecule has 0 aliphatic carbocycles. The molecule has 1 aliphatic rings. The van der Waals surface area contributed by atoms with Gasteiger partial charge in [0, 0.05) is 17.4 Å². The minimum Gasteiger partial charge on any atom is -0.486 e. The zero-order chi connectivity index (χ0) is 15.6. The molecule has 1 fully saturated rings. The second kappa shape index (κ2) is 6.30. The molecule has 1 aromatic rings. The van der Waals surface area contributed by atoms with Gasteiger partial charge in [0.25, 0.3) is 5.91 Å². The third-order valence-corrected chi connectivity index (χ3v) is 3.73. The van der Waals surface area contributed by atoms with Crippen LogP contribution >= 0.6 is 15.9 Å². The Balaban J connectivity index is 2.12. The lowest BCUT2D eigenvalue weighted by molar-refractivity contribution is 0.0245. The van der Waals surface area contributed by atoms with E-state index >= 15 is 0 Å². The van der Waals surface area contributed by atoms with Crippen LogP contribution in [0, 0.1) is 0 Å². The smallest absolute Gasteiger partial charge is 0.407 e. The minimum absolute atomic E-state index is 0.150. The van der Waals surface area contributed by atoms with Gasteiger partial charge in [-0.1, -0.05) is 15.9 Å². The molecule has 0 aromatic heterocycles. The van der Waals surface area contributed by atoms with Crippen molar-refractivity contribution >= 4 is 27.9 Å². The predicted molar refractivity (Wildman–Crippen MR) is 76.2 cm³/mol. The Morgan fingerprint density at radius 1 is 1.48 bits per heavy atom. The number of hydrogen-bond donors (Lipinski definition) is 2. The van der Waals surface area contributed by atoms with Crippen molar-refractivity contribution in [2.24, 2.45) is 5.73 Å². The Hall–Kier alpha value is -1.83. The number of alkyl halides is 1. The Bertz CT molecular complexity index is 569. The highest BCUT2D eigenvalue weighted by atomic mass is 79.9. The molecule has 2 rings (SSSR count). The van der Waals surface area contributed by atoms with E-state index in [0.29, 0.717) is 4.47 Å². The summed E-state index contributed by atoms with van der Waals surface area (Å²) in [6, 6.07) is 4.68. The molecule has 0 unspecified atom stereocenters. The van der Waals surface area contributed by atoms with Gasteiger partial charge in [0.15, 0.2) is 6.17 Å². The van der Waals surface area contributed by atoms with Gasteiger partial charge in [-0.3, -0.25) is 4.79 Å². The summed E-state index contributed by atoms with van der Waals surface area (Å²) < 4.78 is 20.2. The molecule has 1 saturated heterocycles. The third-order valence-electron chi connectivity index (χ3n) is 3.24. The molecule has 2 amide bonds. The number of hydrogen-bond acceptors (Lipinski definition) is 3. The van der Waals surface area contributed by atoms with E-state index in [4.69, 9.17) is 15.6 Å². The van der Waals surface area contributed by atoms with Crippen LogP contribution in [-0.2, 0) is 0 Å². The van der Waals surface area contributed by atoms with Crippen LogP contribution in [0.3, 0.4) is 0 Å². The Kier molecular flexibility index (Phi) is 4.66. The molecule has 0 bridgehead atoms. The molecule has 114 valence electrons. The summed E-state index contributed by atoms with van der Waals surface area (Å²) in [4.78, 5) is 23.2. The Morgan fingerprint density at radius 3 is 2.76 bits per heavy atom. The number of nitrogens with two attached hydrogens (primary N) is 1. The second-order valence-electron chi connectivity index (χ2n) is 4.69. The fourth-order valence-electron chi connectivity index (χ4n) is 2.15. The summed E-state index contributed by atoms with van der Waals surface area (Å²) in [5, 5.41) is 8.83. The van der Waals surface area contributed by atoms with E-state index < -0.39 is 24.3 Å². The first-order valence-corrected chi connectivity index (χ1v) is 7.05. The predicted octanol–water partition coefficient (Wildman–Crippen LogP) is 2.02. The van der Waals surface area contributed by atoms with Crippen molar-refractivity contribution in [3.05, 3.63) is 28.2 Å². The fraction of sp³-hybridized carbons (Fsp3) is 0.385.